The van der Waals surface area contributed by atoms with Crippen LogP contribution in [0.5, 0.6) is 5.75 Å². The lowest BCUT2D eigenvalue weighted by Gasteiger charge is -2.03. The van der Waals surface area contributed by atoms with E-state index in [4.69, 9.17) is 4.55 Å². The van der Waals surface area contributed by atoms with Crippen molar-refractivity contribution >= 4 is 20.9 Å². The predicted molar refractivity (Wildman–Crippen MR) is 53.9 cm³/mol. The van der Waals surface area contributed by atoms with Gasteiger partial charge in [0, 0.05) is 0 Å². The molecular formula is C10H7O4S. The third-order valence-electron chi connectivity index (χ3n) is 2.11. The van der Waals surface area contributed by atoms with Crippen LogP contribution in [0.3, 0.4) is 0 Å². The van der Waals surface area contributed by atoms with Crippen LogP contribution in [-0.2, 0) is 15.2 Å². The third kappa shape index (κ3) is 1.67. The van der Waals surface area contributed by atoms with Gasteiger partial charge in [0.05, 0.1) is 5.39 Å². The lowest BCUT2D eigenvalue weighted by molar-refractivity contribution is 0.359. The van der Waals surface area contributed by atoms with Gasteiger partial charge in [-0.2, -0.15) is 8.42 Å². The SMILES string of the molecule is [O]c1cccc2cccc(S(=O)(=O)O)c12. The van der Waals surface area contributed by atoms with Crippen molar-refractivity contribution in [3.8, 4) is 5.75 Å². The van der Waals surface area contributed by atoms with Crippen molar-refractivity contribution in [3.05, 3.63) is 36.4 Å². The van der Waals surface area contributed by atoms with E-state index in [2.05, 4.69) is 0 Å². The minimum absolute atomic E-state index is 0.0301. The zero-order chi connectivity index (χ0) is 11.1. The fraction of sp³-hybridized carbons (Fsp3) is 0. The van der Waals surface area contributed by atoms with Gasteiger partial charge in [0.15, 0.2) is 5.75 Å². The Bertz CT molecular complexity index is 611. The Morgan fingerprint density at radius 2 is 1.60 bits per heavy atom. The van der Waals surface area contributed by atoms with E-state index in [0.717, 1.165) is 0 Å². The Hall–Kier alpha value is -1.59. The van der Waals surface area contributed by atoms with Crippen LogP contribution < -0.4 is 0 Å². The molecule has 1 N–H and O–H groups in total. The highest BCUT2D eigenvalue weighted by Gasteiger charge is 2.16. The molecule has 0 aliphatic heterocycles. The summed E-state index contributed by atoms with van der Waals surface area (Å²) in [7, 11) is -4.35. The summed E-state index contributed by atoms with van der Waals surface area (Å²) < 4.78 is 31.0. The lowest BCUT2D eigenvalue weighted by Crippen LogP contribution is -1.98. The monoisotopic (exact) mass is 223 g/mol. The van der Waals surface area contributed by atoms with Gasteiger partial charge in [-0.3, -0.25) is 9.66 Å². The summed E-state index contributed by atoms with van der Waals surface area (Å²) in [5.74, 6) is -0.416. The Morgan fingerprint density at radius 3 is 2.20 bits per heavy atom. The highest BCUT2D eigenvalue weighted by Crippen LogP contribution is 2.30. The maximum Gasteiger partial charge on any atom is 0.295 e. The molecule has 0 aliphatic rings. The standard InChI is InChI=1S/C10H7O4S/c11-8-5-1-3-7-4-2-6-9(10(7)8)15(12,13)14/h1-6H,(H,12,13,14). The van der Waals surface area contributed by atoms with Crippen molar-refractivity contribution in [2.24, 2.45) is 0 Å². The van der Waals surface area contributed by atoms with Crippen molar-refractivity contribution in [1.82, 2.24) is 0 Å². The van der Waals surface area contributed by atoms with Crippen molar-refractivity contribution in [3.63, 3.8) is 0 Å². The number of benzene rings is 2. The van der Waals surface area contributed by atoms with Gasteiger partial charge in [0.2, 0.25) is 0 Å². The molecule has 0 saturated carbocycles. The first-order valence-electron chi connectivity index (χ1n) is 4.16. The minimum atomic E-state index is -4.35. The highest BCUT2D eigenvalue weighted by molar-refractivity contribution is 7.86. The maximum atomic E-state index is 11.5. The first-order chi connectivity index (χ1) is 7.00. The molecule has 0 bridgehead atoms. The Kier molecular flexibility index (Phi) is 2.13. The van der Waals surface area contributed by atoms with E-state index < -0.39 is 15.9 Å². The average Bonchev–Trinajstić information content (AvgIpc) is 2.16. The van der Waals surface area contributed by atoms with Gasteiger partial charge in [-0.25, -0.2) is 0 Å². The zero-order valence-electron chi connectivity index (χ0n) is 7.54. The van der Waals surface area contributed by atoms with Gasteiger partial charge in [0.25, 0.3) is 10.1 Å². The van der Waals surface area contributed by atoms with E-state index in [0.29, 0.717) is 5.39 Å². The topological polar surface area (TPSA) is 74.3 Å². The molecule has 4 nitrogen and oxygen atoms in total. The van der Waals surface area contributed by atoms with Crippen LogP contribution in [0.15, 0.2) is 41.3 Å². The van der Waals surface area contributed by atoms with E-state index in [9.17, 15) is 13.5 Å². The third-order valence-corrected chi connectivity index (χ3v) is 3.00. The van der Waals surface area contributed by atoms with E-state index in [1.54, 1.807) is 18.2 Å². The molecule has 2 aromatic rings. The van der Waals surface area contributed by atoms with Crippen LogP contribution in [0, 0.1) is 0 Å². The first-order valence-corrected chi connectivity index (χ1v) is 5.60. The second kappa shape index (κ2) is 3.22. The molecule has 77 valence electrons. The van der Waals surface area contributed by atoms with Crippen LogP contribution in [-0.4, -0.2) is 13.0 Å². The molecule has 0 aliphatic carbocycles. The quantitative estimate of drug-likeness (QED) is 0.753. The molecular weight excluding hydrogens is 216 g/mol. The molecule has 0 heterocycles. The predicted octanol–water partition coefficient (Wildman–Crippen LogP) is 2.23. The summed E-state index contributed by atoms with van der Waals surface area (Å²) >= 11 is 0. The summed E-state index contributed by atoms with van der Waals surface area (Å²) in [4.78, 5) is -0.342. The molecule has 5 heteroatoms. The van der Waals surface area contributed by atoms with Crippen molar-refractivity contribution in [2.45, 2.75) is 4.90 Å². The zero-order valence-corrected chi connectivity index (χ0v) is 8.36. The molecule has 2 rings (SSSR count). The summed E-state index contributed by atoms with van der Waals surface area (Å²) in [6, 6.07) is 8.72. The second-order valence-corrected chi connectivity index (χ2v) is 4.48. The van der Waals surface area contributed by atoms with Crippen LogP contribution in [0.1, 0.15) is 0 Å². The Morgan fingerprint density at radius 1 is 1.00 bits per heavy atom. The van der Waals surface area contributed by atoms with Crippen molar-refractivity contribution < 1.29 is 18.1 Å². The molecule has 0 amide bonds. The van der Waals surface area contributed by atoms with Crippen molar-refractivity contribution in [1.29, 1.82) is 0 Å². The van der Waals surface area contributed by atoms with E-state index >= 15 is 0 Å². The molecule has 1 radical (unpaired) electrons. The number of hydrogen-bond donors (Lipinski definition) is 1. The summed E-state index contributed by atoms with van der Waals surface area (Å²) in [6.07, 6.45) is 0. The van der Waals surface area contributed by atoms with Gasteiger partial charge in [-0.05, 0) is 17.5 Å². The first kappa shape index (κ1) is 9.95. The minimum Gasteiger partial charge on any atom is -0.289 e. The molecule has 2 aromatic carbocycles. The van der Waals surface area contributed by atoms with E-state index in [-0.39, 0.29) is 10.3 Å². The Balaban J connectivity index is 2.99. The van der Waals surface area contributed by atoms with Crippen LogP contribution >= 0.6 is 0 Å². The molecule has 0 atom stereocenters. The molecule has 0 saturated heterocycles. The Labute approximate surface area is 86.5 Å². The molecule has 15 heavy (non-hydrogen) atoms. The van der Waals surface area contributed by atoms with Gasteiger partial charge in [-0.15, -0.1) is 0 Å². The van der Waals surface area contributed by atoms with Crippen molar-refractivity contribution in [2.75, 3.05) is 0 Å². The molecule has 0 aromatic heterocycles. The van der Waals surface area contributed by atoms with Crippen LogP contribution in [0.4, 0.5) is 0 Å². The lowest BCUT2D eigenvalue weighted by atomic mass is 10.1. The fourth-order valence-electron chi connectivity index (χ4n) is 1.49. The summed E-state index contributed by atoms with van der Waals surface area (Å²) in [5, 5.41) is 12.0. The summed E-state index contributed by atoms with van der Waals surface area (Å²) in [6.45, 7) is 0. The largest absolute Gasteiger partial charge is 0.295 e. The second-order valence-electron chi connectivity index (χ2n) is 3.09. The smallest absolute Gasteiger partial charge is 0.289 e. The summed E-state index contributed by atoms with van der Waals surface area (Å²) in [5.41, 5.74) is 0. The number of rotatable bonds is 1. The van der Waals surface area contributed by atoms with Gasteiger partial charge in [0.1, 0.15) is 4.90 Å². The normalized spacial score (nSPS) is 11.8. The van der Waals surface area contributed by atoms with Gasteiger partial charge in [-0.1, -0.05) is 24.3 Å². The average molecular weight is 223 g/mol. The maximum absolute atomic E-state index is 11.5. The molecule has 0 fully saturated rings. The molecule has 0 unspecified atom stereocenters. The number of hydrogen-bond acceptors (Lipinski definition) is 2. The fourth-order valence-corrected chi connectivity index (χ4v) is 2.22. The molecule has 0 spiro atoms. The van der Waals surface area contributed by atoms with E-state index in [1.807, 2.05) is 0 Å². The van der Waals surface area contributed by atoms with E-state index in [1.165, 1.54) is 18.2 Å². The van der Waals surface area contributed by atoms with Crippen LogP contribution in [0.2, 0.25) is 0 Å². The van der Waals surface area contributed by atoms with Crippen LogP contribution in [0.25, 0.3) is 10.8 Å². The van der Waals surface area contributed by atoms with Gasteiger partial charge < -0.3 is 0 Å². The highest BCUT2D eigenvalue weighted by atomic mass is 32.2. The number of fused-ring (bicyclic) bond motifs is 1. The van der Waals surface area contributed by atoms with Gasteiger partial charge >= 0.3 is 0 Å².